The second kappa shape index (κ2) is 9.56. The van der Waals surface area contributed by atoms with Crippen LogP contribution in [-0.4, -0.2) is 17.7 Å². The summed E-state index contributed by atoms with van der Waals surface area (Å²) in [6, 6.07) is 14.8. The molecule has 2 rings (SSSR count). The van der Waals surface area contributed by atoms with E-state index in [9.17, 15) is 9.90 Å². The third-order valence-electron chi connectivity index (χ3n) is 3.79. The van der Waals surface area contributed by atoms with Crippen molar-refractivity contribution in [2.75, 3.05) is 6.61 Å². The Morgan fingerprint density at radius 3 is 2.54 bits per heavy atom. The summed E-state index contributed by atoms with van der Waals surface area (Å²) in [5.41, 5.74) is 2.61. The van der Waals surface area contributed by atoms with Crippen molar-refractivity contribution in [3.05, 3.63) is 71.3 Å². The van der Waals surface area contributed by atoms with Crippen LogP contribution in [0.3, 0.4) is 0 Å². The predicted octanol–water partition coefficient (Wildman–Crippen LogP) is 5.00. The number of carbonyl (C=O) groups is 1. The molecule has 3 heteroatoms. The molecule has 3 nitrogen and oxygen atoms in total. The smallest absolute Gasteiger partial charge is 0.342 e. The highest BCUT2D eigenvalue weighted by Gasteiger charge is 2.10. The van der Waals surface area contributed by atoms with E-state index in [4.69, 9.17) is 4.74 Å². The molecule has 0 fully saturated rings. The van der Waals surface area contributed by atoms with Gasteiger partial charge in [0.15, 0.2) is 0 Å². The Balaban J connectivity index is 1.79. The first-order valence-corrected chi connectivity index (χ1v) is 8.41. The highest BCUT2D eigenvalue weighted by Crippen LogP contribution is 2.16. The van der Waals surface area contributed by atoms with Crippen LogP contribution in [0.15, 0.2) is 54.6 Å². The maximum absolute atomic E-state index is 11.8. The van der Waals surface area contributed by atoms with Crippen molar-refractivity contribution in [1.82, 2.24) is 0 Å². The number of benzene rings is 2. The normalized spacial score (nSPS) is 10.9. The van der Waals surface area contributed by atoms with Gasteiger partial charge in [-0.05, 0) is 42.2 Å². The van der Waals surface area contributed by atoms with E-state index in [0.717, 1.165) is 12.0 Å². The Morgan fingerprint density at radius 2 is 1.83 bits per heavy atom. The number of hydrogen-bond donors (Lipinski definition) is 1. The van der Waals surface area contributed by atoms with Crippen LogP contribution in [0.1, 0.15) is 47.7 Å². The maximum Gasteiger partial charge on any atom is 0.342 e. The molecule has 0 aromatic heterocycles. The number of phenolic OH excluding ortho intramolecular Hbond substituents is 1. The van der Waals surface area contributed by atoms with Crippen molar-refractivity contribution in [1.29, 1.82) is 0 Å². The number of phenols is 1. The van der Waals surface area contributed by atoms with Crippen LogP contribution in [0.2, 0.25) is 0 Å². The van der Waals surface area contributed by atoms with Gasteiger partial charge in [0.05, 0.1) is 0 Å². The van der Waals surface area contributed by atoms with E-state index in [-0.39, 0.29) is 17.9 Å². The standard InChI is InChI=1S/C21H24O3/c1-2-3-4-8-17-12-14-18(15-13-17)9-7-16-24-21(23)19-10-5-6-11-20(19)22/h5-7,9-15,22H,2-4,8,16H2,1H3. The SMILES string of the molecule is CCCCCc1ccc(C=CCOC(=O)c2ccccc2O)cc1. The van der Waals surface area contributed by atoms with Gasteiger partial charge in [0.25, 0.3) is 0 Å². The van der Waals surface area contributed by atoms with Crippen LogP contribution in [-0.2, 0) is 11.2 Å². The van der Waals surface area contributed by atoms with Gasteiger partial charge >= 0.3 is 5.97 Å². The number of rotatable bonds is 8. The fourth-order valence-corrected chi connectivity index (χ4v) is 2.41. The van der Waals surface area contributed by atoms with E-state index in [1.54, 1.807) is 24.3 Å². The Bertz CT molecular complexity index is 672. The summed E-state index contributed by atoms with van der Waals surface area (Å²) >= 11 is 0. The molecule has 2 aromatic rings. The average Bonchev–Trinajstić information content (AvgIpc) is 2.60. The van der Waals surface area contributed by atoms with Crippen LogP contribution in [0.4, 0.5) is 0 Å². The van der Waals surface area contributed by atoms with Gasteiger partial charge in [-0.25, -0.2) is 4.79 Å². The molecule has 0 aliphatic heterocycles. The summed E-state index contributed by atoms with van der Waals surface area (Å²) in [7, 11) is 0. The van der Waals surface area contributed by atoms with Crippen molar-refractivity contribution < 1.29 is 14.6 Å². The first-order chi connectivity index (χ1) is 11.7. The molecular weight excluding hydrogens is 300 g/mol. The number of para-hydroxylation sites is 1. The van der Waals surface area contributed by atoms with E-state index in [1.807, 2.05) is 6.08 Å². The quantitative estimate of drug-likeness (QED) is 0.549. The summed E-state index contributed by atoms with van der Waals surface area (Å²) in [5, 5.41) is 9.60. The lowest BCUT2D eigenvalue weighted by atomic mass is 10.1. The topological polar surface area (TPSA) is 46.5 Å². The molecule has 0 spiro atoms. The molecule has 0 saturated heterocycles. The number of esters is 1. The van der Waals surface area contributed by atoms with Crippen molar-refractivity contribution >= 4 is 12.0 Å². The molecule has 0 amide bonds. The minimum atomic E-state index is -0.524. The number of aromatic hydroxyl groups is 1. The minimum absolute atomic E-state index is 0.0647. The Hall–Kier alpha value is -2.55. The van der Waals surface area contributed by atoms with Crippen molar-refractivity contribution in [3.8, 4) is 5.75 Å². The van der Waals surface area contributed by atoms with Gasteiger partial charge in [-0.3, -0.25) is 0 Å². The number of unbranched alkanes of at least 4 members (excludes halogenated alkanes) is 2. The summed E-state index contributed by atoms with van der Waals surface area (Å²) in [6.45, 7) is 2.38. The zero-order valence-corrected chi connectivity index (χ0v) is 14.1. The van der Waals surface area contributed by atoms with Crippen molar-refractivity contribution in [3.63, 3.8) is 0 Å². The molecule has 0 atom stereocenters. The van der Waals surface area contributed by atoms with Gasteiger partial charge < -0.3 is 9.84 Å². The Kier molecular flexibility index (Phi) is 7.09. The first kappa shape index (κ1) is 17.8. The molecule has 0 aliphatic rings. The molecule has 0 saturated carbocycles. The van der Waals surface area contributed by atoms with Gasteiger partial charge in [-0.15, -0.1) is 0 Å². The lowest BCUT2D eigenvalue weighted by Gasteiger charge is -2.04. The maximum atomic E-state index is 11.8. The minimum Gasteiger partial charge on any atom is -0.507 e. The number of aryl methyl sites for hydroxylation is 1. The fraction of sp³-hybridized carbons (Fsp3) is 0.286. The molecule has 0 aliphatic carbocycles. The van der Waals surface area contributed by atoms with Crippen LogP contribution in [0, 0.1) is 0 Å². The molecule has 0 heterocycles. The summed E-state index contributed by atoms with van der Waals surface area (Å²) in [6.07, 6.45) is 8.58. The number of ether oxygens (including phenoxy) is 1. The second-order valence-corrected chi connectivity index (χ2v) is 5.72. The van der Waals surface area contributed by atoms with Gasteiger partial charge in [-0.2, -0.15) is 0 Å². The molecular formula is C21H24O3. The summed E-state index contributed by atoms with van der Waals surface area (Å²) in [5.74, 6) is -0.589. The molecule has 2 aromatic carbocycles. The Labute approximate surface area is 143 Å². The molecule has 24 heavy (non-hydrogen) atoms. The van der Waals surface area contributed by atoms with E-state index in [2.05, 4.69) is 31.2 Å². The highest BCUT2D eigenvalue weighted by atomic mass is 16.5. The van der Waals surface area contributed by atoms with Crippen molar-refractivity contribution in [2.45, 2.75) is 32.6 Å². The average molecular weight is 324 g/mol. The van der Waals surface area contributed by atoms with Gasteiger partial charge in [0, 0.05) is 0 Å². The van der Waals surface area contributed by atoms with Gasteiger partial charge in [0.2, 0.25) is 0 Å². The second-order valence-electron chi connectivity index (χ2n) is 5.72. The fourth-order valence-electron chi connectivity index (χ4n) is 2.41. The van der Waals surface area contributed by atoms with Gasteiger partial charge in [0.1, 0.15) is 17.9 Å². The zero-order valence-electron chi connectivity index (χ0n) is 14.1. The van der Waals surface area contributed by atoms with E-state index >= 15 is 0 Å². The third kappa shape index (κ3) is 5.58. The molecule has 1 N–H and O–H groups in total. The summed E-state index contributed by atoms with van der Waals surface area (Å²) in [4.78, 5) is 11.8. The van der Waals surface area contributed by atoms with E-state index in [0.29, 0.717) is 0 Å². The third-order valence-corrected chi connectivity index (χ3v) is 3.79. The van der Waals surface area contributed by atoms with E-state index < -0.39 is 5.97 Å². The van der Waals surface area contributed by atoms with Crippen LogP contribution < -0.4 is 0 Å². The molecule has 0 unspecified atom stereocenters. The molecule has 0 bridgehead atoms. The van der Waals surface area contributed by atoms with Gasteiger partial charge in [-0.1, -0.05) is 62.2 Å². The Morgan fingerprint density at radius 1 is 1.08 bits per heavy atom. The van der Waals surface area contributed by atoms with Crippen molar-refractivity contribution in [2.24, 2.45) is 0 Å². The van der Waals surface area contributed by atoms with E-state index in [1.165, 1.54) is 30.9 Å². The molecule has 126 valence electrons. The number of hydrogen-bond acceptors (Lipinski definition) is 3. The predicted molar refractivity (Wildman–Crippen MR) is 97.1 cm³/mol. The van der Waals surface area contributed by atoms with Crippen LogP contribution >= 0.6 is 0 Å². The monoisotopic (exact) mass is 324 g/mol. The number of carbonyl (C=O) groups excluding carboxylic acids is 1. The largest absolute Gasteiger partial charge is 0.507 e. The first-order valence-electron chi connectivity index (χ1n) is 8.41. The summed E-state index contributed by atoms with van der Waals surface area (Å²) < 4.78 is 5.13. The van der Waals surface area contributed by atoms with Crippen LogP contribution in [0.25, 0.3) is 6.08 Å². The lowest BCUT2D eigenvalue weighted by Crippen LogP contribution is -2.05. The van der Waals surface area contributed by atoms with Crippen LogP contribution in [0.5, 0.6) is 5.75 Å². The zero-order chi connectivity index (χ0) is 17.2. The highest BCUT2D eigenvalue weighted by molar-refractivity contribution is 5.92. The molecule has 0 radical (unpaired) electrons. The lowest BCUT2D eigenvalue weighted by molar-refractivity contribution is 0.0547.